The van der Waals surface area contributed by atoms with Gasteiger partial charge >= 0.3 is 0 Å². The minimum absolute atomic E-state index is 0. The van der Waals surface area contributed by atoms with Crippen molar-refractivity contribution in [3.05, 3.63) is 108 Å². The molecule has 0 amide bonds. The first-order valence-corrected chi connectivity index (χ1v) is 20.6. The third-order valence-corrected chi connectivity index (χ3v) is 11.1. The zero-order valence-electron chi connectivity index (χ0n) is 29.4. The van der Waals surface area contributed by atoms with Crippen LogP contribution in [0.25, 0.3) is 44.5 Å². The van der Waals surface area contributed by atoms with E-state index in [9.17, 15) is 0 Å². The predicted octanol–water partition coefficient (Wildman–Crippen LogP) is 10.6. The third-order valence-electron chi connectivity index (χ3n) is 9.06. The van der Waals surface area contributed by atoms with E-state index in [0.29, 0.717) is 0 Å². The van der Waals surface area contributed by atoms with Gasteiger partial charge in [-0.15, -0.1) is 35.9 Å². The van der Waals surface area contributed by atoms with E-state index in [2.05, 4.69) is 118 Å². The molecule has 4 heterocycles. The van der Waals surface area contributed by atoms with Gasteiger partial charge in [0.15, 0.2) is 0 Å². The van der Waals surface area contributed by atoms with Gasteiger partial charge in [0.2, 0.25) is 0 Å². The molecule has 0 aliphatic heterocycles. The molecule has 4 aromatic heterocycles. The van der Waals surface area contributed by atoms with Gasteiger partial charge < -0.3 is 19.4 Å². The first kappa shape index (κ1) is 35.9. The fourth-order valence-electron chi connectivity index (χ4n) is 6.80. The number of aryl methyl sites for hydroxylation is 1. The summed E-state index contributed by atoms with van der Waals surface area (Å²) in [4.78, 5) is 13.6. The monoisotopic (exact) mass is 830 g/mol. The average molecular weight is 830 g/mol. The molecule has 48 heavy (non-hydrogen) atoms. The molecule has 6 aromatic rings. The SMILES string of the molecule is CC(C)(C)Cc1cc(-c2[c-]cccc2)ncc1[Si](C)(C)C.Cc1ccc2c(c1)oc1c(-c3cc(CC4CCCC4)ccn3)[c-]ncc12.[Ir]. The van der Waals surface area contributed by atoms with E-state index in [1.54, 1.807) is 0 Å². The summed E-state index contributed by atoms with van der Waals surface area (Å²) in [5, 5.41) is 3.60. The van der Waals surface area contributed by atoms with E-state index >= 15 is 0 Å². The Kier molecular flexibility index (Phi) is 11.2. The van der Waals surface area contributed by atoms with Crippen LogP contribution in [-0.2, 0) is 32.9 Å². The van der Waals surface area contributed by atoms with Crippen molar-refractivity contribution in [1.29, 1.82) is 0 Å². The molecule has 2 aromatic carbocycles. The summed E-state index contributed by atoms with van der Waals surface area (Å²) in [5.41, 5.74) is 9.87. The molecule has 1 fully saturated rings. The van der Waals surface area contributed by atoms with Crippen LogP contribution in [0.15, 0.2) is 83.7 Å². The van der Waals surface area contributed by atoms with Gasteiger partial charge in [-0.3, -0.25) is 0 Å². The van der Waals surface area contributed by atoms with Crippen LogP contribution in [0.5, 0.6) is 0 Å². The summed E-state index contributed by atoms with van der Waals surface area (Å²) in [6.07, 6.45) is 16.6. The Labute approximate surface area is 301 Å². The van der Waals surface area contributed by atoms with Gasteiger partial charge in [-0.05, 0) is 83.1 Å². The van der Waals surface area contributed by atoms with E-state index in [4.69, 9.17) is 9.40 Å². The van der Waals surface area contributed by atoms with Gasteiger partial charge in [0, 0.05) is 37.9 Å². The number of furan rings is 1. The van der Waals surface area contributed by atoms with E-state index in [-0.39, 0.29) is 25.5 Å². The number of fused-ring (bicyclic) bond motifs is 3. The quantitative estimate of drug-likeness (QED) is 0.124. The molecule has 0 bridgehead atoms. The maximum Gasteiger partial charge on any atom is 0.121 e. The van der Waals surface area contributed by atoms with Crippen molar-refractivity contribution in [2.75, 3.05) is 0 Å². The van der Waals surface area contributed by atoms with Crippen LogP contribution < -0.4 is 5.19 Å². The minimum atomic E-state index is -1.37. The second-order valence-electron chi connectivity index (χ2n) is 15.5. The van der Waals surface area contributed by atoms with Crippen LogP contribution in [-0.4, -0.2) is 23.0 Å². The van der Waals surface area contributed by atoms with Gasteiger partial charge in [0.1, 0.15) is 5.58 Å². The van der Waals surface area contributed by atoms with Crippen LogP contribution in [0.1, 0.15) is 63.1 Å². The fourth-order valence-corrected chi connectivity index (χ4v) is 8.37. The van der Waals surface area contributed by atoms with E-state index < -0.39 is 8.07 Å². The Bertz CT molecular complexity index is 1980. The van der Waals surface area contributed by atoms with Crippen LogP contribution in [0.3, 0.4) is 0 Å². The number of rotatable bonds is 6. The smallest absolute Gasteiger partial charge is 0.121 e. The third kappa shape index (κ3) is 8.58. The van der Waals surface area contributed by atoms with Crippen LogP contribution >= 0.6 is 0 Å². The van der Waals surface area contributed by atoms with Crippen molar-refractivity contribution in [2.24, 2.45) is 11.3 Å². The Morgan fingerprint density at radius 1 is 0.896 bits per heavy atom. The zero-order chi connectivity index (χ0) is 33.2. The molecular formula is C42H47IrN3OSi-2. The molecule has 0 unspecified atom stereocenters. The number of pyridine rings is 3. The van der Waals surface area contributed by atoms with Crippen molar-refractivity contribution in [3.63, 3.8) is 0 Å². The van der Waals surface area contributed by atoms with Gasteiger partial charge in [-0.1, -0.05) is 107 Å². The molecular weight excluding hydrogens is 783 g/mol. The summed E-state index contributed by atoms with van der Waals surface area (Å²) in [6.45, 7) is 16.2. The van der Waals surface area contributed by atoms with Gasteiger partial charge in [-0.2, -0.15) is 0 Å². The normalized spacial score (nSPS) is 13.7. The van der Waals surface area contributed by atoms with Crippen molar-refractivity contribution < 1.29 is 24.5 Å². The minimum Gasteiger partial charge on any atom is -0.500 e. The maximum absolute atomic E-state index is 6.18. The van der Waals surface area contributed by atoms with E-state index in [1.165, 1.54) is 47.6 Å². The van der Waals surface area contributed by atoms with Gasteiger partial charge in [0.25, 0.3) is 0 Å². The molecule has 1 aliphatic carbocycles. The van der Waals surface area contributed by atoms with Crippen molar-refractivity contribution in [1.82, 2.24) is 15.0 Å². The van der Waals surface area contributed by atoms with Crippen LogP contribution in [0, 0.1) is 30.5 Å². The standard InChI is InChI=1S/C23H21N2O.C19H26NSi.Ir/c1-15-6-7-18-19-13-24-14-20(23(19)26-22(18)10-15)21-12-17(8-9-25-21)11-16-4-2-3-5-16;1-19(2,3)13-16-12-17(15-10-8-7-9-11-15)20-14-18(16)21(4,5)6;/h6-10,12-13,16H,2-5,11H2,1H3;7-10,12,14H,13H2,1-6H3;/q2*-1;. The first-order chi connectivity index (χ1) is 22.4. The van der Waals surface area contributed by atoms with Crippen molar-refractivity contribution in [2.45, 2.75) is 85.9 Å². The second-order valence-corrected chi connectivity index (χ2v) is 20.5. The molecule has 0 N–H and O–H groups in total. The van der Waals surface area contributed by atoms with Crippen LogP contribution in [0.4, 0.5) is 0 Å². The fraction of sp³-hybridized carbons (Fsp3) is 0.357. The van der Waals surface area contributed by atoms with Crippen molar-refractivity contribution >= 4 is 35.2 Å². The largest absolute Gasteiger partial charge is 0.500 e. The number of nitrogens with zero attached hydrogens (tertiary/aromatic N) is 3. The zero-order valence-corrected chi connectivity index (χ0v) is 32.8. The second kappa shape index (κ2) is 15.0. The molecule has 1 aliphatic rings. The Balaban J connectivity index is 0.000000189. The summed E-state index contributed by atoms with van der Waals surface area (Å²) in [5.74, 6) is 0.817. The molecule has 0 saturated heterocycles. The summed E-state index contributed by atoms with van der Waals surface area (Å²) < 4.78 is 6.18. The molecule has 0 atom stereocenters. The molecule has 0 spiro atoms. The Hall–Kier alpha value is -3.44. The molecule has 1 saturated carbocycles. The molecule has 7 rings (SSSR count). The van der Waals surface area contributed by atoms with Crippen molar-refractivity contribution in [3.8, 4) is 22.5 Å². The average Bonchev–Trinajstić information content (AvgIpc) is 3.68. The van der Waals surface area contributed by atoms with Crippen LogP contribution in [0.2, 0.25) is 19.6 Å². The van der Waals surface area contributed by atoms with Gasteiger partial charge in [0.05, 0.1) is 13.7 Å². The Morgan fingerprint density at radius 2 is 1.69 bits per heavy atom. The molecule has 251 valence electrons. The number of benzene rings is 2. The number of hydrogen-bond acceptors (Lipinski definition) is 4. The predicted molar refractivity (Wildman–Crippen MR) is 199 cm³/mol. The Morgan fingerprint density at radius 3 is 2.40 bits per heavy atom. The molecule has 4 nitrogen and oxygen atoms in total. The first-order valence-electron chi connectivity index (χ1n) is 17.1. The maximum atomic E-state index is 6.18. The van der Waals surface area contributed by atoms with Gasteiger partial charge in [-0.25, -0.2) is 0 Å². The number of hydrogen-bond donors (Lipinski definition) is 0. The summed E-state index contributed by atoms with van der Waals surface area (Å²) in [6, 6.07) is 24.2. The van der Waals surface area contributed by atoms with E-state index in [0.717, 1.165) is 63.2 Å². The summed E-state index contributed by atoms with van der Waals surface area (Å²) >= 11 is 0. The molecule has 1 radical (unpaired) electrons. The topological polar surface area (TPSA) is 51.8 Å². The molecule has 6 heteroatoms. The summed E-state index contributed by atoms with van der Waals surface area (Å²) in [7, 11) is -1.37. The van der Waals surface area contributed by atoms with E-state index in [1.807, 2.05) is 30.6 Å². The number of aromatic nitrogens is 3.